The van der Waals surface area contributed by atoms with Gasteiger partial charge in [-0.05, 0) is 44.1 Å². The maximum absolute atomic E-state index is 11.6. The molecule has 32 heavy (non-hydrogen) atoms. The van der Waals surface area contributed by atoms with Gasteiger partial charge in [0, 0.05) is 11.6 Å². The number of aromatic amines is 1. The smallest absolute Gasteiger partial charge is 0.475 e. The van der Waals surface area contributed by atoms with Gasteiger partial charge >= 0.3 is 12.1 Å². The Balaban J connectivity index is 0.000000360. The zero-order valence-corrected chi connectivity index (χ0v) is 17.3. The number of carboxylic acid groups (broad SMARTS) is 1. The fourth-order valence-corrected chi connectivity index (χ4v) is 3.73. The van der Waals surface area contributed by atoms with Gasteiger partial charge in [0.2, 0.25) is 0 Å². The van der Waals surface area contributed by atoms with Gasteiger partial charge in [-0.25, -0.2) is 9.78 Å². The first kappa shape index (κ1) is 23.3. The highest BCUT2D eigenvalue weighted by atomic mass is 19.4. The summed E-state index contributed by atoms with van der Waals surface area (Å²) in [5.74, 6) is -2.46. The number of hydrogen-bond acceptors (Lipinski definition) is 4. The second kappa shape index (κ2) is 9.39. The molecule has 4 N–H and O–H groups in total. The zero-order chi connectivity index (χ0) is 23.5. The second-order valence-electron chi connectivity index (χ2n) is 7.57. The molecule has 2 heterocycles. The van der Waals surface area contributed by atoms with Crippen LogP contribution in [-0.4, -0.2) is 51.6 Å². The quantitative estimate of drug-likeness (QED) is 0.558. The topological polar surface area (TPSA) is 112 Å². The number of carbonyl (C=O) groups excluding carboxylic acids is 1. The minimum atomic E-state index is -5.08. The first-order chi connectivity index (χ1) is 15.1. The number of alkyl halides is 3. The van der Waals surface area contributed by atoms with E-state index in [1.807, 2.05) is 12.1 Å². The number of aromatic nitrogens is 2. The van der Waals surface area contributed by atoms with E-state index in [1.54, 1.807) is 6.07 Å². The zero-order valence-electron chi connectivity index (χ0n) is 17.3. The largest absolute Gasteiger partial charge is 0.490 e. The van der Waals surface area contributed by atoms with Gasteiger partial charge in [-0.15, -0.1) is 0 Å². The third-order valence-electron chi connectivity index (χ3n) is 5.36. The number of amides is 1. The molecule has 4 rings (SSSR count). The summed E-state index contributed by atoms with van der Waals surface area (Å²) in [5.41, 5.74) is 9.69. The molecule has 0 radical (unpaired) electrons. The van der Waals surface area contributed by atoms with Gasteiger partial charge in [-0.3, -0.25) is 9.69 Å². The van der Waals surface area contributed by atoms with Gasteiger partial charge in [0.15, 0.2) is 0 Å². The maximum Gasteiger partial charge on any atom is 0.490 e. The van der Waals surface area contributed by atoms with Gasteiger partial charge < -0.3 is 15.8 Å². The van der Waals surface area contributed by atoms with E-state index >= 15 is 0 Å². The van der Waals surface area contributed by atoms with Crippen molar-refractivity contribution < 1.29 is 27.9 Å². The lowest BCUT2D eigenvalue weighted by molar-refractivity contribution is -0.192. The molecule has 2 aromatic carbocycles. The highest BCUT2D eigenvalue weighted by molar-refractivity contribution is 6.04. The second-order valence-corrected chi connectivity index (χ2v) is 7.57. The number of nitrogens with one attached hydrogen (secondary N) is 1. The number of para-hydroxylation sites is 1. The monoisotopic (exact) mass is 448 g/mol. The number of benzene rings is 2. The number of aliphatic carboxylic acids is 1. The molecule has 0 saturated carbocycles. The van der Waals surface area contributed by atoms with Crippen LogP contribution in [0.25, 0.3) is 22.4 Å². The van der Waals surface area contributed by atoms with E-state index in [1.165, 1.54) is 24.8 Å². The fourth-order valence-electron chi connectivity index (χ4n) is 3.73. The Morgan fingerprint density at radius 1 is 1.16 bits per heavy atom. The lowest BCUT2D eigenvalue weighted by Gasteiger charge is -2.32. The van der Waals surface area contributed by atoms with E-state index in [-0.39, 0.29) is 0 Å². The summed E-state index contributed by atoms with van der Waals surface area (Å²) < 4.78 is 31.7. The molecule has 3 aromatic rings. The number of H-pyrrole nitrogens is 1. The highest BCUT2D eigenvalue weighted by Gasteiger charge is 2.38. The molecule has 0 bridgehead atoms. The van der Waals surface area contributed by atoms with Crippen molar-refractivity contribution in [1.29, 1.82) is 0 Å². The number of carbonyl (C=O) groups is 2. The fraction of sp³-hybridized carbons (Fsp3) is 0.318. The van der Waals surface area contributed by atoms with Crippen molar-refractivity contribution in [3.63, 3.8) is 0 Å². The van der Waals surface area contributed by atoms with Crippen molar-refractivity contribution in [3.05, 3.63) is 53.6 Å². The summed E-state index contributed by atoms with van der Waals surface area (Å²) in [5, 5.41) is 7.12. The molecule has 10 heteroatoms. The normalized spacial score (nSPS) is 16.9. The van der Waals surface area contributed by atoms with Crippen LogP contribution in [0.4, 0.5) is 13.2 Å². The summed E-state index contributed by atoms with van der Waals surface area (Å²) in [4.78, 5) is 30.8. The number of fused-ring (bicyclic) bond motifs is 1. The molecule has 1 fully saturated rings. The predicted molar refractivity (Wildman–Crippen MR) is 113 cm³/mol. The first-order valence-electron chi connectivity index (χ1n) is 9.97. The SMILES string of the molecule is CN1CCCCC1c1ccc(-c2nc3c(C(N)=O)cccc3[nH]2)cc1.O=C(O)C(F)(F)F. The summed E-state index contributed by atoms with van der Waals surface area (Å²) in [6.07, 6.45) is -1.30. The van der Waals surface area contributed by atoms with E-state index in [0.717, 1.165) is 23.4 Å². The minimum absolute atomic E-state index is 0.445. The lowest BCUT2D eigenvalue weighted by atomic mass is 9.95. The maximum atomic E-state index is 11.6. The van der Waals surface area contributed by atoms with Crippen LogP contribution in [0.2, 0.25) is 0 Å². The molecule has 1 aliphatic heterocycles. The Labute approximate surface area is 182 Å². The summed E-state index contributed by atoms with van der Waals surface area (Å²) in [6.45, 7) is 1.16. The number of imidazole rings is 1. The van der Waals surface area contributed by atoms with Crippen LogP contribution >= 0.6 is 0 Å². The molecule has 1 atom stereocenters. The predicted octanol–water partition coefficient (Wildman–Crippen LogP) is 4.12. The van der Waals surface area contributed by atoms with E-state index < -0.39 is 18.1 Å². The Morgan fingerprint density at radius 2 is 1.81 bits per heavy atom. The molecule has 1 aliphatic rings. The van der Waals surface area contributed by atoms with Crippen molar-refractivity contribution in [2.75, 3.05) is 13.6 Å². The number of piperidine rings is 1. The van der Waals surface area contributed by atoms with Crippen molar-refractivity contribution in [1.82, 2.24) is 14.9 Å². The lowest BCUT2D eigenvalue weighted by Crippen LogP contribution is -2.29. The van der Waals surface area contributed by atoms with Gasteiger partial charge in [0.05, 0.1) is 11.1 Å². The summed E-state index contributed by atoms with van der Waals surface area (Å²) in [6, 6.07) is 14.5. The molecule has 170 valence electrons. The third-order valence-corrected chi connectivity index (χ3v) is 5.36. The highest BCUT2D eigenvalue weighted by Crippen LogP contribution is 2.31. The third kappa shape index (κ3) is 5.25. The van der Waals surface area contributed by atoms with Gasteiger partial charge in [-0.1, -0.05) is 36.8 Å². The number of rotatable bonds is 3. The van der Waals surface area contributed by atoms with Crippen LogP contribution in [0.3, 0.4) is 0 Å². The van der Waals surface area contributed by atoms with E-state index in [2.05, 4.69) is 46.2 Å². The summed E-state index contributed by atoms with van der Waals surface area (Å²) in [7, 11) is 2.20. The van der Waals surface area contributed by atoms with Crippen LogP contribution < -0.4 is 5.73 Å². The molecule has 0 spiro atoms. The number of hydrogen-bond donors (Lipinski definition) is 3. The molecular weight excluding hydrogens is 425 g/mol. The Bertz CT molecular complexity index is 1110. The Morgan fingerprint density at radius 3 is 2.38 bits per heavy atom. The number of primary amides is 1. The number of nitrogens with two attached hydrogens (primary N) is 1. The van der Waals surface area contributed by atoms with Crippen molar-refractivity contribution in [2.45, 2.75) is 31.5 Å². The van der Waals surface area contributed by atoms with E-state index in [0.29, 0.717) is 17.1 Å². The molecule has 7 nitrogen and oxygen atoms in total. The van der Waals surface area contributed by atoms with Crippen molar-refractivity contribution in [2.24, 2.45) is 5.73 Å². The molecule has 1 unspecified atom stereocenters. The van der Waals surface area contributed by atoms with Crippen LogP contribution in [0.5, 0.6) is 0 Å². The van der Waals surface area contributed by atoms with Crippen molar-refractivity contribution >= 4 is 22.9 Å². The molecular formula is C22H23F3N4O3. The number of likely N-dealkylation sites (tertiary alicyclic amines) is 1. The van der Waals surface area contributed by atoms with Crippen molar-refractivity contribution in [3.8, 4) is 11.4 Å². The van der Waals surface area contributed by atoms with Gasteiger partial charge in [0.1, 0.15) is 11.3 Å². The van der Waals surface area contributed by atoms with Gasteiger partial charge in [-0.2, -0.15) is 13.2 Å². The van der Waals surface area contributed by atoms with Crippen LogP contribution in [0.1, 0.15) is 41.2 Å². The molecule has 0 aliphatic carbocycles. The average molecular weight is 448 g/mol. The average Bonchev–Trinajstić information content (AvgIpc) is 3.18. The molecule has 1 aromatic heterocycles. The number of nitrogens with zero attached hydrogens (tertiary/aromatic N) is 2. The summed E-state index contributed by atoms with van der Waals surface area (Å²) >= 11 is 0. The van der Waals surface area contributed by atoms with E-state index in [9.17, 15) is 18.0 Å². The van der Waals surface area contributed by atoms with Crippen LogP contribution in [-0.2, 0) is 4.79 Å². The molecule has 1 saturated heterocycles. The molecule has 1 amide bonds. The first-order valence-corrected chi connectivity index (χ1v) is 9.97. The number of halogens is 3. The van der Waals surface area contributed by atoms with E-state index in [4.69, 9.17) is 15.6 Å². The Hall–Kier alpha value is -3.40. The standard InChI is InChI=1S/C20H22N4O.C2HF3O2/c1-24-12-3-2-7-17(24)13-8-10-14(11-9-13)20-22-16-6-4-5-15(19(21)25)18(16)23-20;3-2(4,5)1(6)7/h4-6,8-11,17H,2-3,7,12H2,1H3,(H2,21,25)(H,22,23);(H,6,7). The minimum Gasteiger partial charge on any atom is -0.475 e. The van der Waals surface area contributed by atoms with Gasteiger partial charge in [0.25, 0.3) is 5.91 Å². The Kier molecular flexibility index (Phi) is 6.83. The van der Waals surface area contributed by atoms with Crippen LogP contribution in [0, 0.1) is 0 Å². The number of carboxylic acids is 1. The van der Waals surface area contributed by atoms with Crippen LogP contribution in [0.15, 0.2) is 42.5 Å².